The lowest BCUT2D eigenvalue weighted by Gasteiger charge is -2.33. The Bertz CT molecular complexity index is 499. The molecule has 8 heteroatoms. The molecule has 0 bridgehead atoms. The van der Waals surface area contributed by atoms with Crippen LogP contribution >= 0.6 is 27.3 Å². The highest BCUT2D eigenvalue weighted by Gasteiger charge is 2.41. The van der Waals surface area contributed by atoms with Gasteiger partial charge in [-0.1, -0.05) is 0 Å². The summed E-state index contributed by atoms with van der Waals surface area (Å²) in [6, 6.07) is 3.33. The van der Waals surface area contributed by atoms with Crippen molar-refractivity contribution in [2.45, 2.75) is 24.9 Å². The highest BCUT2D eigenvalue weighted by atomic mass is 79.9. The summed E-state index contributed by atoms with van der Waals surface area (Å²) in [7, 11) is 0. The van der Waals surface area contributed by atoms with E-state index >= 15 is 0 Å². The van der Waals surface area contributed by atoms with E-state index in [4.69, 9.17) is 4.74 Å². The van der Waals surface area contributed by atoms with Crippen molar-refractivity contribution in [2.75, 3.05) is 13.2 Å². The summed E-state index contributed by atoms with van der Waals surface area (Å²) in [5, 5.41) is 14.6. The number of carboxylic acid groups (broad SMARTS) is 1. The molecule has 0 aliphatic carbocycles. The van der Waals surface area contributed by atoms with E-state index in [-0.39, 0.29) is 12.8 Å². The van der Waals surface area contributed by atoms with E-state index in [2.05, 4.69) is 26.6 Å². The van der Waals surface area contributed by atoms with Gasteiger partial charge >= 0.3 is 12.0 Å². The number of aliphatic carboxylic acids is 1. The Morgan fingerprint density at radius 2 is 2.10 bits per heavy atom. The molecule has 0 spiro atoms. The molecule has 2 rings (SSSR count). The van der Waals surface area contributed by atoms with Gasteiger partial charge in [0, 0.05) is 30.9 Å². The van der Waals surface area contributed by atoms with Crippen LogP contribution in [-0.2, 0) is 16.1 Å². The van der Waals surface area contributed by atoms with Gasteiger partial charge in [0.1, 0.15) is 5.54 Å². The molecular weight excluding hydrogens is 348 g/mol. The first-order chi connectivity index (χ1) is 9.52. The molecule has 0 aromatic carbocycles. The van der Waals surface area contributed by atoms with E-state index in [9.17, 15) is 14.7 Å². The Balaban J connectivity index is 1.90. The number of halogens is 1. The fourth-order valence-electron chi connectivity index (χ4n) is 1.99. The topological polar surface area (TPSA) is 87.7 Å². The van der Waals surface area contributed by atoms with Crippen molar-refractivity contribution >= 4 is 39.3 Å². The van der Waals surface area contributed by atoms with Crippen LogP contribution in [0.2, 0.25) is 0 Å². The number of hydrogen-bond acceptors (Lipinski definition) is 4. The summed E-state index contributed by atoms with van der Waals surface area (Å²) >= 11 is 4.86. The Kier molecular flexibility index (Phi) is 5.00. The quantitative estimate of drug-likeness (QED) is 0.763. The Hall–Kier alpha value is -1.12. The van der Waals surface area contributed by atoms with Crippen molar-refractivity contribution in [3.63, 3.8) is 0 Å². The second-order valence-electron chi connectivity index (χ2n) is 4.51. The molecule has 1 saturated heterocycles. The van der Waals surface area contributed by atoms with Crippen LogP contribution in [0.3, 0.4) is 0 Å². The Morgan fingerprint density at radius 1 is 1.40 bits per heavy atom. The van der Waals surface area contributed by atoms with Gasteiger partial charge in [-0.25, -0.2) is 9.59 Å². The van der Waals surface area contributed by atoms with Gasteiger partial charge in [0.2, 0.25) is 0 Å². The minimum atomic E-state index is -1.22. The first-order valence-electron chi connectivity index (χ1n) is 6.13. The van der Waals surface area contributed by atoms with Crippen LogP contribution in [0.1, 0.15) is 17.7 Å². The van der Waals surface area contributed by atoms with E-state index in [1.807, 2.05) is 12.1 Å². The normalized spacial score (nSPS) is 17.4. The number of nitrogens with one attached hydrogen (secondary N) is 2. The summed E-state index contributed by atoms with van der Waals surface area (Å²) in [6.07, 6.45) is 0.556. The standard InChI is InChI=1S/C12H15BrN2O4S/c13-9-2-1-8(20-9)7-14-11(18)15-12(10(16)17)3-5-19-6-4-12/h1-2H,3-7H2,(H,16,17)(H2,14,15,18). The van der Waals surface area contributed by atoms with Gasteiger partial charge < -0.3 is 20.5 Å². The molecule has 0 unspecified atom stereocenters. The lowest BCUT2D eigenvalue weighted by atomic mass is 9.90. The smallest absolute Gasteiger partial charge is 0.329 e. The van der Waals surface area contributed by atoms with Crippen LogP contribution in [0.25, 0.3) is 0 Å². The number of amides is 2. The maximum atomic E-state index is 11.9. The minimum Gasteiger partial charge on any atom is -0.480 e. The molecule has 1 aromatic rings. The van der Waals surface area contributed by atoms with Crippen LogP contribution in [-0.4, -0.2) is 35.9 Å². The maximum Gasteiger partial charge on any atom is 0.329 e. The van der Waals surface area contributed by atoms with Crippen LogP contribution < -0.4 is 10.6 Å². The molecule has 0 atom stereocenters. The third-order valence-corrected chi connectivity index (χ3v) is 4.78. The van der Waals surface area contributed by atoms with Gasteiger partial charge in [0.15, 0.2) is 0 Å². The number of rotatable bonds is 4. The predicted molar refractivity (Wildman–Crippen MR) is 77.8 cm³/mol. The van der Waals surface area contributed by atoms with Gasteiger partial charge in [0.05, 0.1) is 10.3 Å². The van der Waals surface area contributed by atoms with Crippen molar-refractivity contribution in [2.24, 2.45) is 0 Å². The predicted octanol–water partition coefficient (Wildman–Crippen LogP) is 1.94. The molecule has 2 heterocycles. The van der Waals surface area contributed by atoms with Crippen LogP contribution in [0.5, 0.6) is 0 Å². The number of carbonyl (C=O) groups is 2. The van der Waals surface area contributed by atoms with E-state index < -0.39 is 17.5 Å². The average Bonchev–Trinajstić information content (AvgIpc) is 2.83. The molecule has 0 radical (unpaired) electrons. The number of carbonyl (C=O) groups excluding carboxylic acids is 1. The van der Waals surface area contributed by atoms with Crippen LogP contribution in [0.15, 0.2) is 15.9 Å². The molecule has 0 saturated carbocycles. The number of urea groups is 1. The van der Waals surface area contributed by atoms with Gasteiger partial charge in [-0.05, 0) is 28.1 Å². The second kappa shape index (κ2) is 6.55. The van der Waals surface area contributed by atoms with E-state index in [1.165, 1.54) is 11.3 Å². The van der Waals surface area contributed by atoms with Crippen LogP contribution in [0, 0.1) is 0 Å². The van der Waals surface area contributed by atoms with Crippen molar-refractivity contribution in [3.05, 3.63) is 20.8 Å². The monoisotopic (exact) mass is 362 g/mol. The largest absolute Gasteiger partial charge is 0.480 e. The lowest BCUT2D eigenvalue weighted by molar-refractivity contribution is -0.148. The molecule has 1 aromatic heterocycles. The molecule has 1 aliphatic rings. The van der Waals surface area contributed by atoms with Gasteiger partial charge in [0.25, 0.3) is 0 Å². The zero-order valence-electron chi connectivity index (χ0n) is 10.6. The zero-order chi connectivity index (χ0) is 14.6. The molecule has 1 aliphatic heterocycles. The SMILES string of the molecule is O=C(NCc1ccc(Br)s1)NC1(C(=O)O)CCOCC1. The zero-order valence-corrected chi connectivity index (χ0v) is 13.1. The average molecular weight is 363 g/mol. The third kappa shape index (κ3) is 3.71. The summed E-state index contributed by atoms with van der Waals surface area (Å²) in [5.74, 6) is -1.02. The third-order valence-electron chi connectivity index (χ3n) is 3.16. The number of ether oxygens (including phenoxy) is 1. The lowest BCUT2D eigenvalue weighted by Crippen LogP contribution is -2.59. The van der Waals surface area contributed by atoms with Gasteiger partial charge in [-0.3, -0.25) is 0 Å². The van der Waals surface area contributed by atoms with E-state index in [0.717, 1.165) is 8.66 Å². The summed E-state index contributed by atoms with van der Waals surface area (Å²) < 4.78 is 6.14. The highest BCUT2D eigenvalue weighted by molar-refractivity contribution is 9.11. The van der Waals surface area contributed by atoms with Gasteiger partial charge in [-0.2, -0.15) is 0 Å². The summed E-state index contributed by atoms with van der Waals surface area (Å²) in [4.78, 5) is 24.2. The maximum absolute atomic E-state index is 11.9. The molecular formula is C12H15BrN2O4S. The van der Waals surface area contributed by atoms with Crippen molar-refractivity contribution in [1.82, 2.24) is 10.6 Å². The number of hydrogen-bond donors (Lipinski definition) is 3. The summed E-state index contributed by atoms with van der Waals surface area (Å²) in [6.45, 7) is 1.04. The van der Waals surface area contributed by atoms with E-state index in [1.54, 1.807) is 0 Å². The minimum absolute atomic E-state index is 0.278. The molecule has 110 valence electrons. The molecule has 2 amide bonds. The summed E-state index contributed by atoms with van der Waals surface area (Å²) in [5.41, 5.74) is -1.22. The van der Waals surface area contributed by atoms with Gasteiger partial charge in [-0.15, -0.1) is 11.3 Å². The van der Waals surface area contributed by atoms with E-state index in [0.29, 0.717) is 19.8 Å². The fraction of sp³-hybridized carbons (Fsp3) is 0.500. The Morgan fingerprint density at radius 3 is 2.65 bits per heavy atom. The first kappa shape index (κ1) is 15.3. The Labute approximate surface area is 128 Å². The molecule has 1 fully saturated rings. The second-order valence-corrected chi connectivity index (χ2v) is 7.06. The molecule has 3 N–H and O–H groups in total. The first-order valence-corrected chi connectivity index (χ1v) is 7.74. The molecule has 20 heavy (non-hydrogen) atoms. The number of thiophene rings is 1. The van der Waals surface area contributed by atoms with Crippen molar-refractivity contribution < 1.29 is 19.4 Å². The van der Waals surface area contributed by atoms with Crippen molar-refractivity contribution in [3.8, 4) is 0 Å². The number of carboxylic acids is 1. The fourth-order valence-corrected chi connectivity index (χ4v) is 3.41. The van der Waals surface area contributed by atoms with Crippen LogP contribution in [0.4, 0.5) is 4.79 Å². The van der Waals surface area contributed by atoms with Crippen molar-refractivity contribution in [1.29, 1.82) is 0 Å². The highest BCUT2D eigenvalue weighted by Crippen LogP contribution is 2.22. The molecule has 6 nitrogen and oxygen atoms in total.